The molecule has 0 saturated carbocycles. The number of methoxy groups -OCH3 is 2. The average Bonchev–Trinajstić information content (AvgIpc) is 2.64. The molecular weight excluding hydrogens is 336 g/mol. The Morgan fingerprint density at radius 2 is 1.60 bits per heavy atom. The third-order valence-corrected chi connectivity index (χ3v) is 5.12. The Morgan fingerprint density at radius 3 is 2.24 bits per heavy atom. The molecule has 3 rings (SSSR count). The van der Waals surface area contributed by atoms with Crippen LogP contribution in [0, 0.1) is 6.92 Å². The van der Waals surface area contributed by atoms with Crippen molar-refractivity contribution in [2.75, 3.05) is 45.3 Å². The molecule has 0 aromatic heterocycles. The standard InChI is InChI=1S/C20H25ClN2O2/c1-15-12-19(24-2)20(25-3)13-16(15)14-22-8-10-23(11-9-22)18-7-5-4-6-17(18)21/h4-7,12-13H,8-11,14H2,1-3H3. The van der Waals surface area contributed by atoms with Crippen LogP contribution in [0.15, 0.2) is 36.4 Å². The van der Waals surface area contributed by atoms with E-state index in [1.807, 2.05) is 24.3 Å². The highest BCUT2D eigenvalue weighted by Crippen LogP contribution is 2.31. The molecule has 1 aliphatic rings. The van der Waals surface area contributed by atoms with E-state index in [1.54, 1.807) is 14.2 Å². The van der Waals surface area contributed by atoms with Gasteiger partial charge in [0.15, 0.2) is 11.5 Å². The number of hydrogen-bond acceptors (Lipinski definition) is 4. The molecule has 0 atom stereocenters. The number of para-hydroxylation sites is 1. The number of benzene rings is 2. The molecule has 0 aliphatic carbocycles. The number of rotatable bonds is 5. The highest BCUT2D eigenvalue weighted by Gasteiger charge is 2.20. The Labute approximate surface area is 154 Å². The van der Waals surface area contributed by atoms with Gasteiger partial charge in [0.25, 0.3) is 0 Å². The second-order valence-electron chi connectivity index (χ2n) is 6.35. The number of piperazine rings is 1. The van der Waals surface area contributed by atoms with Gasteiger partial charge in [-0.3, -0.25) is 4.90 Å². The maximum Gasteiger partial charge on any atom is 0.161 e. The summed E-state index contributed by atoms with van der Waals surface area (Å²) in [6.45, 7) is 7.03. The van der Waals surface area contributed by atoms with Gasteiger partial charge in [0.2, 0.25) is 0 Å². The van der Waals surface area contributed by atoms with Gasteiger partial charge in [-0.15, -0.1) is 0 Å². The van der Waals surface area contributed by atoms with Gasteiger partial charge in [0.05, 0.1) is 24.9 Å². The Balaban J connectivity index is 1.65. The zero-order valence-corrected chi connectivity index (χ0v) is 15.8. The number of nitrogens with zero attached hydrogens (tertiary/aromatic N) is 2. The minimum absolute atomic E-state index is 0.785. The van der Waals surface area contributed by atoms with E-state index in [4.69, 9.17) is 21.1 Å². The van der Waals surface area contributed by atoms with Gasteiger partial charge in [0.1, 0.15) is 0 Å². The van der Waals surface area contributed by atoms with Gasteiger partial charge in [-0.1, -0.05) is 23.7 Å². The second-order valence-corrected chi connectivity index (χ2v) is 6.76. The van der Waals surface area contributed by atoms with Crippen LogP contribution in [0.1, 0.15) is 11.1 Å². The second kappa shape index (κ2) is 7.98. The number of aryl methyl sites for hydroxylation is 1. The lowest BCUT2D eigenvalue weighted by molar-refractivity contribution is 0.249. The number of anilines is 1. The average molecular weight is 361 g/mol. The first-order valence-corrected chi connectivity index (χ1v) is 8.93. The van der Waals surface area contributed by atoms with Crippen LogP contribution < -0.4 is 14.4 Å². The quantitative estimate of drug-likeness (QED) is 0.805. The van der Waals surface area contributed by atoms with Gasteiger partial charge >= 0.3 is 0 Å². The van der Waals surface area contributed by atoms with Crippen molar-refractivity contribution in [3.8, 4) is 11.5 Å². The molecule has 0 unspecified atom stereocenters. The van der Waals surface area contributed by atoms with Crippen molar-refractivity contribution in [1.29, 1.82) is 0 Å². The lowest BCUT2D eigenvalue weighted by Crippen LogP contribution is -2.46. The maximum atomic E-state index is 6.33. The molecule has 1 fully saturated rings. The van der Waals surface area contributed by atoms with Crippen LogP contribution in [0.5, 0.6) is 11.5 Å². The molecule has 0 spiro atoms. The number of ether oxygens (including phenoxy) is 2. The summed E-state index contributed by atoms with van der Waals surface area (Å²) in [6, 6.07) is 12.2. The fraction of sp³-hybridized carbons (Fsp3) is 0.400. The predicted molar refractivity (Wildman–Crippen MR) is 103 cm³/mol. The first-order chi connectivity index (χ1) is 12.1. The summed E-state index contributed by atoms with van der Waals surface area (Å²) in [7, 11) is 3.35. The number of hydrogen-bond donors (Lipinski definition) is 0. The van der Waals surface area contributed by atoms with Crippen LogP contribution in [0.3, 0.4) is 0 Å². The Bertz CT molecular complexity index is 728. The van der Waals surface area contributed by atoms with E-state index in [0.717, 1.165) is 54.9 Å². The van der Waals surface area contributed by atoms with Crippen molar-refractivity contribution in [1.82, 2.24) is 4.90 Å². The van der Waals surface area contributed by atoms with Crippen LogP contribution in [0.2, 0.25) is 5.02 Å². The molecule has 0 N–H and O–H groups in total. The molecule has 0 bridgehead atoms. The molecule has 1 heterocycles. The van der Waals surface area contributed by atoms with Crippen LogP contribution in [0.4, 0.5) is 5.69 Å². The van der Waals surface area contributed by atoms with Crippen molar-refractivity contribution in [2.24, 2.45) is 0 Å². The summed E-state index contributed by atoms with van der Waals surface area (Å²) >= 11 is 6.33. The van der Waals surface area contributed by atoms with Gasteiger partial charge in [-0.05, 0) is 42.3 Å². The lowest BCUT2D eigenvalue weighted by atomic mass is 10.1. The molecule has 0 radical (unpaired) electrons. The minimum Gasteiger partial charge on any atom is -0.493 e. The van der Waals surface area contributed by atoms with Crippen molar-refractivity contribution in [2.45, 2.75) is 13.5 Å². The maximum absolute atomic E-state index is 6.33. The smallest absolute Gasteiger partial charge is 0.161 e. The van der Waals surface area contributed by atoms with Crippen LogP contribution in [-0.4, -0.2) is 45.3 Å². The van der Waals surface area contributed by atoms with E-state index in [9.17, 15) is 0 Å². The van der Waals surface area contributed by atoms with E-state index in [2.05, 4.69) is 28.9 Å². The Morgan fingerprint density at radius 1 is 0.960 bits per heavy atom. The third-order valence-electron chi connectivity index (χ3n) is 4.80. The SMILES string of the molecule is COc1cc(C)c(CN2CCN(c3ccccc3Cl)CC2)cc1OC. The summed E-state index contributed by atoms with van der Waals surface area (Å²) in [5.41, 5.74) is 3.64. The Kier molecular flexibility index (Phi) is 5.71. The molecule has 5 heteroatoms. The lowest BCUT2D eigenvalue weighted by Gasteiger charge is -2.36. The highest BCUT2D eigenvalue weighted by molar-refractivity contribution is 6.33. The van der Waals surface area contributed by atoms with E-state index in [1.165, 1.54) is 11.1 Å². The first kappa shape index (κ1) is 17.9. The van der Waals surface area contributed by atoms with Crippen LogP contribution in [0.25, 0.3) is 0 Å². The largest absolute Gasteiger partial charge is 0.493 e. The van der Waals surface area contributed by atoms with Gasteiger partial charge in [0, 0.05) is 32.7 Å². The van der Waals surface area contributed by atoms with Gasteiger partial charge in [-0.2, -0.15) is 0 Å². The summed E-state index contributed by atoms with van der Waals surface area (Å²) in [5, 5.41) is 0.826. The van der Waals surface area contributed by atoms with Gasteiger partial charge < -0.3 is 14.4 Å². The van der Waals surface area contributed by atoms with Crippen molar-refractivity contribution >= 4 is 17.3 Å². The van der Waals surface area contributed by atoms with Crippen LogP contribution in [-0.2, 0) is 6.54 Å². The molecule has 2 aromatic rings. The van der Waals surface area contributed by atoms with Crippen molar-refractivity contribution < 1.29 is 9.47 Å². The third kappa shape index (κ3) is 4.02. The van der Waals surface area contributed by atoms with E-state index in [0.29, 0.717) is 0 Å². The monoisotopic (exact) mass is 360 g/mol. The van der Waals surface area contributed by atoms with E-state index >= 15 is 0 Å². The zero-order chi connectivity index (χ0) is 17.8. The molecule has 1 aliphatic heterocycles. The molecule has 4 nitrogen and oxygen atoms in total. The fourth-order valence-corrected chi connectivity index (χ4v) is 3.54. The van der Waals surface area contributed by atoms with Crippen molar-refractivity contribution in [3.05, 3.63) is 52.5 Å². The van der Waals surface area contributed by atoms with Gasteiger partial charge in [-0.25, -0.2) is 0 Å². The fourth-order valence-electron chi connectivity index (χ4n) is 3.29. The molecule has 25 heavy (non-hydrogen) atoms. The molecular formula is C20H25ClN2O2. The van der Waals surface area contributed by atoms with E-state index < -0.39 is 0 Å². The summed E-state index contributed by atoms with van der Waals surface area (Å²) in [6.07, 6.45) is 0. The first-order valence-electron chi connectivity index (χ1n) is 8.55. The zero-order valence-electron chi connectivity index (χ0n) is 15.1. The van der Waals surface area contributed by atoms with E-state index in [-0.39, 0.29) is 0 Å². The molecule has 2 aromatic carbocycles. The summed E-state index contributed by atoms with van der Waals surface area (Å²) < 4.78 is 10.8. The molecule has 134 valence electrons. The molecule has 0 amide bonds. The van der Waals surface area contributed by atoms with Crippen LogP contribution >= 0.6 is 11.6 Å². The number of halogens is 1. The molecule has 1 saturated heterocycles. The normalized spacial score (nSPS) is 15.3. The summed E-state index contributed by atoms with van der Waals surface area (Å²) in [4.78, 5) is 4.84. The predicted octanol–water partition coefficient (Wildman–Crippen LogP) is 3.99. The topological polar surface area (TPSA) is 24.9 Å². The highest BCUT2D eigenvalue weighted by atomic mass is 35.5. The minimum atomic E-state index is 0.785. The van der Waals surface area contributed by atoms with Crippen molar-refractivity contribution in [3.63, 3.8) is 0 Å². The Hall–Kier alpha value is -1.91. The summed E-state index contributed by atoms with van der Waals surface area (Å²) in [5.74, 6) is 1.57.